The highest BCUT2D eigenvalue weighted by molar-refractivity contribution is 5.99. The number of nitrogens with one attached hydrogen (secondary N) is 2. The van der Waals surface area contributed by atoms with Crippen molar-refractivity contribution in [3.05, 3.63) is 69.8 Å². The first-order valence-corrected chi connectivity index (χ1v) is 6.86. The van der Waals surface area contributed by atoms with Gasteiger partial charge < -0.3 is 10.6 Å². The zero-order valence-corrected chi connectivity index (χ0v) is 12.4. The largest absolute Gasteiger partial charge is 0.343 e. The first-order chi connectivity index (χ1) is 11.0. The number of nitro benzene ring substituents is 1. The molecule has 0 aliphatic carbocycles. The molecule has 7 heteroatoms. The van der Waals surface area contributed by atoms with Crippen molar-refractivity contribution >= 4 is 23.2 Å². The third-order valence-electron chi connectivity index (χ3n) is 3.22. The summed E-state index contributed by atoms with van der Waals surface area (Å²) in [5, 5.41) is 15.9. The number of carbonyl (C=O) groups is 2. The number of nitrogens with zero attached hydrogens (tertiary/aromatic N) is 1. The molecular formula is C16H15N3O4. The molecule has 2 aromatic carbocycles. The maximum Gasteiger partial charge on any atom is 0.274 e. The fourth-order valence-corrected chi connectivity index (χ4v) is 2.00. The Morgan fingerprint density at radius 3 is 2.43 bits per heavy atom. The van der Waals surface area contributed by atoms with Crippen molar-refractivity contribution in [2.45, 2.75) is 6.92 Å². The smallest absolute Gasteiger partial charge is 0.274 e. The SMILES string of the molecule is Cc1c(NC(=O)CNC(=O)c2ccccc2)cccc1[N+](=O)[O-]. The first-order valence-electron chi connectivity index (χ1n) is 6.86. The molecule has 0 unspecified atom stereocenters. The van der Waals surface area contributed by atoms with Crippen LogP contribution in [0.15, 0.2) is 48.5 Å². The van der Waals surface area contributed by atoms with E-state index in [0.717, 1.165) is 0 Å². The van der Waals surface area contributed by atoms with Crippen molar-refractivity contribution in [1.82, 2.24) is 5.32 Å². The van der Waals surface area contributed by atoms with Crippen molar-refractivity contribution in [1.29, 1.82) is 0 Å². The topological polar surface area (TPSA) is 101 Å². The summed E-state index contributed by atoms with van der Waals surface area (Å²) in [5.74, 6) is -0.825. The molecule has 2 N–H and O–H groups in total. The van der Waals surface area contributed by atoms with Crippen molar-refractivity contribution in [3.63, 3.8) is 0 Å². The van der Waals surface area contributed by atoms with E-state index in [9.17, 15) is 19.7 Å². The minimum absolute atomic E-state index is 0.0730. The number of benzene rings is 2. The summed E-state index contributed by atoms with van der Waals surface area (Å²) in [7, 11) is 0. The molecule has 0 heterocycles. The van der Waals surface area contributed by atoms with E-state index in [1.54, 1.807) is 43.3 Å². The Bertz CT molecular complexity index is 744. The second kappa shape index (κ2) is 7.17. The van der Waals surface area contributed by atoms with Crippen LogP contribution in [-0.4, -0.2) is 23.3 Å². The normalized spacial score (nSPS) is 9.96. The van der Waals surface area contributed by atoms with Crippen molar-refractivity contribution in [2.24, 2.45) is 0 Å². The lowest BCUT2D eigenvalue weighted by Gasteiger charge is -2.09. The second-order valence-corrected chi connectivity index (χ2v) is 4.80. The van der Waals surface area contributed by atoms with Crippen molar-refractivity contribution in [2.75, 3.05) is 11.9 Å². The van der Waals surface area contributed by atoms with Crippen LogP contribution in [0.1, 0.15) is 15.9 Å². The summed E-state index contributed by atoms with van der Waals surface area (Å²) in [6.45, 7) is 1.33. The van der Waals surface area contributed by atoms with Crippen molar-refractivity contribution < 1.29 is 14.5 Å². The standard InChI is InChI=1S/C16H15N3O4/c1-11-13(8-5-9-14(11)19(22)23)18-15(20)10-17-16(21)12-6-3-2-4-7-12/h2-9H,10H2,1H3,(H,17,21)(H,18,20). The predicted molar refractivity (Wildman–Crippen MR) is 85.2 cm³/mol. The zero-order chi connectivity index (χ0) is 16.8. The van der Waals surface area contributed by atoms with Gasteiger partial charge in [-0.15, -0.1) is 0 Å². The molecule has 7 nitrogen and oxygen atoms in total. The summed E-state index contributed by atoms with van der Waals surface area (Å²) in [6.07, 6.45) is 0. The molecule has 0 radical (unpaired) electrons. The van der Waals surface area contributed by atoms with Crippen LogP contribution >= 0.6 is 0 Å². The second-order valence-electron chi connectivity index (χ2n) is 4.80. The van der Waals surface area contributed by atoms with Gasteiger partial charge in [-0.1, -0.05) is 24.3 Å². The Labute approximate surface area is 132 Å². The summed E-state index contributed by atoms with van der Waals surface area (Å²) in [5.41, 5.74) is 1.08. The molecule has 23 heavy (non-hydrogen) atoms. The molecule has 0 aliphatic heterocycles. The van der Waals surface area contributed by atoms with Gasteiger partial charge in [0.1, 0.15) is 0 Å². The van der Waals surface area contributed by atoms with Gasteiger partial charge in [-0.05, 0) is 25.1 Å². The quantitative estimate of drug-likeness (QED) is 0.653. The lowest BCUT2D eigenvalue weighted by Crippen LogP contribution is -2.33. The van der Waals surface area contributed by atoms with Gasteiger partial charge in [0, 0.05) is 11.6 Å². The summed E-state index contributed by atoms with van der Waals surface area (Å²) in [6, 6.07) is 12.9. The third-order valence-corrected chi connectivity index (χ3v) is 3.22. The lowest BCUT2D eigenvalue weighted by atomic mass is 10.1. The van der Waals surface area contributed by atoms with Gasteiger partial charge in [0.15, 0.2) is 0 Å². The van der Waals surface area contributed by atoms with Gasteiger partial charge in [0.05, 0.1) is 22.7 Å². The average molecular weight is 313 g/mol. The molecule has 118 valence electrons. The molecule has 0 spiro atoms. The van der Waals surface area contributed by atoms with E-state index in [1.165, 1.54) is 12.1 Å². The number of carbonyl (C=O) groups excluding carboxylic acids is 2. The van der Waals surface area contributed by atoms with Crippen LogP contribution in [-0.2, 0) is 4.79 Å². The number of hydrogen-bond donors (Lipinski definition) is 2. The predicted octanol–water partition coefficient (Wildman–Crippen LogP) is 2.27. The number of nitro groups is 1. The van der Waals surface area contributed by atoms with Gasteiger partial charge in [-0.25, -0.2) is 0 Å². The highest BCUT2D eigenvalue weighted by atomic mass is 16.6. The molecule has 0 aliphatic rings. The molecule has 0 bridgehead atoms. The van der Waals surface area contributed by atoms with Gasteiger partial charge in [0.25, 0.3) is 11.6 Å². The van der Waals surface area contributed by atoms with Gasteiger partial charge >= 0.3 is 0 Å². The van der Waals surface area contributed by atoms with Crippen LogP contribution < -0.4 is 10.6 Å². The minimum Gasteiger partial charge on any atom is -0.343 e. The van der Waals surface area contributed by atoms with Gasteiger partial charge in [-0.2, -0.15) is 0 Å². The number of rotatable bonds is 5. The van der Waals surface area contributed by atoms with E-state index in [-0.39, 0.29) is 18.1 Å². The summed E-state index contributed by atoms with van der Waals surface area (Å²) >= 11 is 0. The highest BCUT2D eigenvalue weighted by Crippen LogP contribution is 2.24. The summed E-state index contributed by atoms with van der Waals surface area (Å²) in [4.78, 5) is 34.1. The van der Waals surface area contributed by atoms with Gasteiger partial charge in [0.2, 0.25) is 5.91 Å². The van der Waals surface area contributed by atoms with Crippen LogP contribution in [0.3, 0.4) is 0 Å². The Balaban J connectivity index is 1.97. The van der Waals surface area contributed by atoms with E-state index >= 15 is 0 Å². The Hall–Kier alpha value is -3.22. The Morgan fingerprint density at radius 1 is 1.09 bits per heavy atom. The van der Waals surface area contributed by atoms with E-state index in [4.69, 9.17) is 0 Å². The van der Waals surface area contributed by atoms with Crippen LogP contribution in [0.4, 0.5) is 11.4 Å². The van der Waals surface area contributed by atoms with E-state index in [1.807, 2.05) is 0 Å². The Morgan fingerprint density at radius 2 is 1.78 bits per heavy atom. The molecular weight excluding hydrogens is 298 g/mol. The average Bonchev–Trinajstić information content (AvgIpc) is 2.55. The van der Waals surface area contributed by atoms with Crippen LogP contribution in [0.25, 0.3) is 0 Å². The molecule has 0 saturated carbocycles. The fourth-order valence-electron chi connectivity index (χ4n) is 2.00. The maximum absolute atomic E-state index is 11.9. The van der Waals surface area contributed by atoms with E-state index < -0.39 is 10.8 Å². The van der Waals surface area contributed by atoms with Crippen LogP contribution in [0.2, 0.25) is 0 Å². The molecule has 2 rings (SSSR count). The monoisotopic (exact) mass is 313 g/mol. The van der Waals surface area contributed by atoms with E-state index in [0.29, 0.717) is 16.8 Å². The highest BCUT2D eigenvalue weighted by Gasteiger charge is 2.15. The third kappa shape index (κ3) is 4.13. The number of anilines is 1. The maximum atomic E-state index is 11.9. The molecule has 2 aromatic rings. The summed E-state index contributed by atoms with van der Waals surface area (Å²) < 4.78 is 0. The zero-order valence-electron chi connectivity index (χ0n) is 12.4. The molecule has 0 saturated heterocycles. The van der Waals surface area contributed by atoms with Crippen LogP contribution in [0.5, 0.6) is 0 Å². The van der Waals surface area contributed by atoms with Gasteiger partial charge in [-0.3, -0.25) is 19.7 Å². The van der Waals surface area contributed by atoms with Crippen molar-refractivity contribution in [3.8, 4) is 0 Å². The molecule has 0 atom stereocenters. The van der Waals surface area contributed by atoms with Crippen LogP contribution in [0, 0.1) is 17.0 Å². The molecule has 2 amide bonds. The first kappa shape index (κ1) is 16.2. The molecule has 0 fully saturated rings. The lowest BCUT2D eigenvalue weighted by molar-refractivity contribution is -0.385. The number of hydrogen-bond acceptors (Lipinski definition) is 4. The fraction of sp³-hybridized carbons (Fsp3) is 0.125. The minimum atomic E-state index is -0.512. The molecule has 0 aromatic heterocycles. The Kier molecular flexibility index (Phi) is 5.03. The van der Waals surface area contributed by atoms with E-state index in [2.05, 4.69) is 10.6 Å². The number of amides is 2.